The number of hydrazone groups is 1. The lowest BCUT2D eigenvalue weighted by molar-refractivity contribution is 0.300. The van der Waals surface area contributed by atoms with Gasteiger partial charge in [-0.15, -0.1) is 0 Å². The van der Waals surface area contributed by atoms with Crippen molar-refractivity contribution in [2.24, 2.45) is 10.8 Å². The Kier molecular flexibility index (Phi) is 6.08. The van der Waals surface area contributed by atoms with Gasteiger partial charge in [0.1, 0.15) is 12.4 Å². The first-order valence-corrected chi connectivity index (χ1v) is 9.37. The van der Waals surface area contributed by atoms with Gasteiger partial charge in [0.2, 0.25) is 0 Å². The summed E-state index contributed by atoms with van der Waals surface area (Å²) in [5.74, 6) is 0.922. The van der Waals surface area contributed by atoms with Gasteiger partial charge >= 0.3 is 0 Å². The molecule has 140 valence electrons. The molecular weight excluding hydrogens is 356 g/mol. The van der Waals surface area contributed by atoms with E-state index in [1.807, 2.05) is 12.1 Å². The van der Waals surface area contributed by atoms with E-state index in [9.17, 15) is 0 Å². The van der Waals surface area contributed by atoms with Crippen LogP contribution in [0.2, 0.25) is 0 Å². The largest absolute Gasteiger partial charge is 0.492 e. The zero-order chi connectivity index (χ0) is 19.2. The molecule has 0 spiro atoms. The van der Waals surface area contributed by atoms with Gasteiger partial charge < -0.3 is 15.0 Å². The van der Waals surface area contributed by atoms with Crippen molar-refractivity contribution in [3.05, 3.63) is 65.4 Å². The van der Waals surface area contributed by atoms with Crippen molar-refractivity contribution < 1.29 is 4.74 Å². The monoisotopic (exact) mass is 380 g/mol. The van der Waals surface area contributed by atoms with Crippen LogP contribution in [0.3, 0.4) is 0 Å². The first kappa shape index (κ1) is 18.9. The van der Waals surface area contributed by atoms with Gasteiger partial charge in [-0.25, -0.2) is 0 Å². The van der Waals surface area contributed by atoms with E-state index in [-0.39, 0.29) is 5.11 Å². The average Bonchev–Trinajstić information content (AvgIpc) is 2.99. The second-order valence-electron chi connectivity index (χ2n) is 6.39. The standard InChI is InChI=1S/C21H24N4OS/c1-3-16-10-15(2)11-18(12-16)26-9-8-25-14-17(13-23-24-21(22)27)19-6-4-5-7-20(19)25/h4-7,10-14H,3,8-9H2,1-2H3,(H3,22,24,27)/b23-13-. The summed E-state index contributed by atoms with van der Waals surface area (Å²) in [6.45, 7) is 5.58. The third-order valence-corrected chi connectivity index (χ3v) is 4.41. The highest BCUT2D eigenvalue weighted by atomic mass is 32.1. The van der Waals surface area contributed by atoms with E-state index in [1.165, 1.54) is 11.1 Å². The summed E-state index contributed by atoms with van der Waals surface area (Å²) in [7, 11) is 0. The second-order valence-corrected chi connectivity index (χ2v) is 6.83. The molecule has 0 atom stereocenters. The topological polar surface area (TPSA) is 64.6 Å². The molecule has 0 radical (unpaired) electrons. The van der Waals surface area contributed by atoms with Crippen LogP contribution in [0.4, 0.5) is 0 Å². The number of ether oxygens (including phenoxy) is 1. The molecule has 3 N–H and O–H groups in total. The van der Waals surface area contributed by atoms with E-state index in [1.54, 1.807) is 6.21 Å². The molecule has 1 heterocycles. The molecular formula is C21H24N4OS. The van der Waals surface area contributed by atoms with Gasteiger partial charge in [0.05, 0.1) is 12.8 Å². The molecule has 0 bridgehead atoms. The first-order valence-electron chi connectivity index (χ1n) is 8.96. The molecule has 2 aromatic carbocycles. The number of para-hydroxylation sites is 1. The quantitative estimate of drug-likeness (QED) is 0.372. The number of nitrogens with zero attached hydrogens (tertiary/aromatic N) is 2. The van der Waals surface area contributed by atoms with Crippen LogP contribution >= 0.6 is 12.2 Å². The minimum atomic E-state index is 0.146. The van der Waals surface area contributed by atoms with Crippen molar-refractivity contribution in [2.75, 3.05) is 6.61 Å². The zero-order valence-corrected chi connectivity index (χ0v) is 16.4. The fourth-order valence-electron chi connectivity index (χ4n) is 3.10. The Morgan fingerprint density at radius 1 is 1.30 bits per heavy atom. The molecule has 0 fully saturated rings. The average molecular weight is 381 g/mol. The highest BCUT2D eigenvalue weighted by Crippen LogP contribution is 2.21. The molecule has 0 saturated heterocycles. The molecule has 0 aliphatic heterocycles. The number of nitrogens with one attached hydrogen (secondary N) is 1. The molecule has 3 rings (SSSR count). The van der Waals surface area contributed by atoms with Crippen molar-refractivity contribution in [2.45, 2.75) is 26.8 Å². The van der Waals surface area contributed by atoms with Crippen LogP contribution < -0.4 is 15.9 Å². The number of fused-ring (bicyclic) bond motifs is 1. The Balaban J connectivity index is 1.74. The van der Waals surface area contributed by atoms with Crippen LogP contribution in [0.25, 0.3) is 10.9 Å². The van der Waals surface area contributed by atoms with Crippen LogP contribution in [-0.2, 0) is 13.0 Å². The summed E-state index contributed by atoms with van der Waals surface area (Å²) in [4.78, 5) is 0. The smallest absolute Gasteiger partial charge is 0.184 e. The van der Waals surface area contributed by atoms with E-state index in [4.69, 9.17) is 22.7 Å². The molecule has 0 aliphatic rings. The van der Waals surface area contributed by atoms with Gasteiger partial charge in [0.25, 0.3) is 0 Å². The molecule has 1 aromatic heterocycles. The molecule has 6 heteroatoms. The highest BCUT2D eigenvalue weighted by molar-refractivity contribution is 7.80. The van der Waals surface area contributed by atoms with Crippen molar-refractivity contribution in [1.82, 2.24) is 9.99 Å². The number of thiocarbonyl (C=S) groups is 1. The fourth-order valence-corrected chi connectivity index (χ4v) is 3.16. The first-order chi connectivity index (χ1) is 13.1. The fraction of sp³-hybridized carbons (Fsp3) is 0.238. The Morgan fingerprint density at radius 2 is 2.11 bits per heavy atom. The van der Waals surface area contributed by atoms with Gasteiger partial charge in [-0.2, -0.15) is 5.10 Å². The summed E-state index contributed by atoms with van der Waals surface area (Å²) >= 11 is 4.77. The normalized spacial score (nSPS) is 11.2. The molecule has 0 amide bonds. The van der Waals surface area contributed by atoms with E-state index < -0.39 is 0 Å². The number of hydrogen-bond acceptors (Lipinski definition) is 3. The van der Waals surface area contributed by atoms with Gasteiger partial charge in [-0.3, -0.25) is 5.43 Å². The minimum Gasteiger partial charge on any atom is -0.492 e. The maximum atomic E-state index is 6.00. The summed E-state index contributed by atoms with van der Waals surface area (Å²) in [6.07, 6.45) is 4.79. The van der Waals surface area contributed by atoms with E-state index >= 15 is 0 Å². The highest BCUT2D eigenvalue weighted by Gasteiger charge is 2.07. The molecule has 0 unspecified atom stereocenters. The van der Waals surface area contributed by atoms with E-state index in [0.29, 0.717) is 6.61 Å². The number of rotatable bonds is 7. The van der Waals surface area contributed by atoms with Crippen LogP contribution in [-0.4, -0.2) is 22.5 Å². The van der Waals surface area contributed by atoms with Crippen molar-refractivity contribution in [1.29, 1.82) is 0 Å². The summed E-state index contributed by atoms with van der Waals surface area (Å²) in [6, 6.07) is 14.6. The molecule has 3 aromatic rings. The lowest BCUT2D eigenvalue weighted by Crippen LogP contribution is -2.23. The Bertz CT molecular complexity index is 977. The lowest BCUT2D eigenvalue weighted by Gasteiger charge is -2.10. The number of nitrogens with two attached hydrogens (primary N) is 1. The third kappa shape index (κ3) is 4.86. The predicted octanol–water partition coefficient (Wildman–Crippen LogP) is 3.76. The molecule has 27 heavy (non-hydrogen) atoms. The predicted molar refractivity (Wildman–Crippen MR) is 116 cm³/mol. The summed E-state index contributed by atoms with van der Waals surface area (Å²) < 4.78 is 8.18. The third-order valence-electron chi connectivity index (χ3n) is 4.32. The maximum Gasteiger partial charge on any atom is 0.184 e. The molecule has 0 aliphatic carbocycles. The van der Waals surface area contributed by atoms with Crippen LogP contribution in [0.15, 0.2) is 53.8 Å². The molecule has 0 saturated carbocycles. The molecule has 5 nitrogen and oxygen atoms in total. The number of benzene rings is 2. The maximum absolute atomic E-state index is 6.00. The number of aromatic nitrogens is 1. The van der Waals surface area contributed by atoms with Crippen LogP contribution in [0.1, 0.15) is 23.6 Å². The second kappa shape index (κ2) is 8.68. The van der Waals surface area contributed by atoms with Crippen LogP contribution in [0.5, 0.6) is 5.75 Å². The van der Waals surface area contributed by atoms with Gasteiger partial charge in [-0.1, -0.05) is 31.2 Å². The van der Waals surface area contributed by atoms with Crippen LogP contribution in [0, 0.1) is 6.92 Å². The van der Waals surface area contributed by atoms with Crippen molar-refractivity contribution >= 4 is 34.4 Å². The van der Waals surface area contributed by atoms with Gasteiger partial charge in [0, 0.05) is 22.7 Å². The van der Waals surface area contributed by atoms with Crippen molar-refractivity contribution in [3.8, 4) is 5.75 Å². The number of hydrogen-bond donors (Lipinski definition) is 2. The van der Waals surface area contributed by atoms with E-state index in [2.05, 4.69) is 65.5 Å². The number of aryl methyl sites for hydroxylation is 2. The Labute approximate surface area is 164 Å². The van der Waals surface area contributed by atoms with Gasteiger partial charge in [0.15, 0.2) is 5.11 Å². The van der Waals surface area contributed by atoms with Crippen molar-refractivity contribution in [3.63, 3.8) is 0 Å². The summed E-state index contributed by atoms with van der Waals surface area (Å²) in [5.41, 5.74) is 12.7. The van der Waals surface area contributed by atoms with Gasteiger partial charge in [-0.05, 0) is 54.9 Å². The van der Waals surface area contributed by atoms with E-state index in [0.717, 1.165) is 35.2 Å². The lowest BCUT2D eigenvalue weighted by atomic mass is 10.1. The SMILES string of the molecule is CCc1cc(C)cc(OCCn2cc(/C=N\NC(N)=S)c3ccccc32)c1. The minimum absolute atomic E-state index is 0.146. The Morgan fingerprint density at radius 3 is 2.89 bits per heavy atom. The summed E-state index contributed by atoms with van der Waals surface area (Å²) in [5, 5.41) is 5.34. The Hall–Kier alpha value is -2.86. The zero-order valence-electron chi connectivity index (χ0n) is 15.6.